The molecule has 0 aromatic heterocycles. The van der Waals surface area contributed by atoms with Crippen molar-refractivity contribution in [3.63, 3.8) is 0 Å². The number of nitrogens with zero attached hydrogens (tertiary/aromatic N) is 2. The van der Waals surface area contributed by atoms with Crippen LogP contribution in [0.1, 0.15) is 27.2 Å². The highest BCUT2D eigenvalue weighted by atomic mass is 16.5. The Hall–Kier alpha value is -1.79. The molecule has 114 valence electrons. The van der Waals surface area contributed by atoms with Crippen molar-refractivity contribution in [3.05, 3.63) is 0 Å². The number of carbonyl (C=O) groups excluding carboxylic acids is 2. The molecule has 0 spiro atoms. The average molecular weight is 286 g/mol. The van der Waals surface area contributed by atoms with E-state index in [1.807, 2.05) is 0 Å². The van der Waals surface area contributed by atoms with Gasteiger partial charge in [-0.05, 0) is 27.2 Å². The lowest BCUT2D eigenvalue weighted by Crippen LogP contribution is -2.57. The van der Waals surface area contributed by atoms with Crippen LogP contribution in [0.2, 0.25) is 0 Å². The number of ether oxygens (including phenoxy) is 1. The first-order valence-electron chi connectivity index (χ1n) is 6.57. The van der Waals surface area contributed by atoms with Crippen molar-refractivity contribution < 1.29 is 24.2 Å². The molecule has 1 aliphatic rings. The Labute approximate surface area is 118 Å². The fourth-order valence-electron chi connectivity index (χ4n) is 2.21. The summed E-state index contributed by atoms with van der Waals surface area (Å²) < 4.78 is 4.72. The Kier molecular flexibility index (Phi) is 4.97. The third-order valence-corrected chi connectivity index (χ3v) is 3.74. The number of methoxy groups -OCH3 is 1. The quantitative estimate of drug-likeness (QED) is 0.772. The van der Waals surface area contributed by atoms with Crippen molar-refractivity contribution >= 4 is 18.0 Å². The standard InChI is InChI=1S/C13H22N2O5/c1-9-10(16)14(7-8-15(9)12(18)19)6-5-13(2,3)11(17)20-4/h9H,5-8H2,1-4H3,(H,18,19). The van der Waals surface area contributed by atoms with E-state index in [0.29, 0.717) is 26.1 Å². The SMILES string of the molecule is COC(=O)C(C)(C)CCN1CCN(C(=O)O)C(C)C1=O. The number of hydrogen-bond acceptors (Lipinski definition) is 4. The number of piperazine rings is 1. The van der Waals surface area contributed by atoms with Gasteiger partial charge in [-0.2, -0.15) is 0 Å². The summed E-state index contributed by atoms with van der Waals surface area (Å²) in [7, 11) is 1.34. The van der Waals surface area contributed by atoms with Crippen LogP contribution in [0.5, 0.6) is 0 Å². The van der Waals surface area contributed by atoms with Gasteiger partial charge in [-0.15, -0.1) is 0 Å². The smallest absolute Gasteiger partial charge is 0.408 e. The predicted molar refractivity (Wildman–Crippen MR) is 71.2 cm³/mol. The lowest BCUT2D eigenvalue weighted by Gasteiger charge is -2.38. The van der Waals surface area contributed by atoms with Crippen LogP contribution in [0, 0.1) is 5.41 Å². The molecule has 1 unspecified atom stereocenters. The summed E-state index contributed by atoms with van der Waals surface area (Å²) in [6, 6.07) is -0.678. The Bertz CT molecular complexity index is 408. The monoisotopic (exact) mass is 286 g/mol. The van der Waals surface area contributed by atoms with E-state index in [1.54, 1.807) is 25.7 Å². The normalized spacial score (nSPS) is 20.0. The van der Waals surface area contributed by atoms with Gasteiger partial charge in [0.2, 0.25) is 5.91 Å². The van der Waals surface area contributed by atoms with Crippen LogP contribution in [-0.4, -0.2) is 65.7 Å². The summed E-state index contributed by atoms with van der Waals surface area (Å²) in [5, 5.41) is 8.97. The molecule has 0 radical (unpaired) electrons. The van der Waals surface area contributed by atoms with Crippen LogP contribution in [0.4, 0.5) is 4.79 Å². The summed E-state index contributed by atoms with van der Waals surface area (Å²) in [6.45, 7) is 6.17. The second-order valence-corrected chi connectivity index (χ2v) is 5.60. The van der Waals surface area contributed by atoms with E-state index in [0.717, 1.165) is 4.90 Å². The van der Waals surface area contributed by atoms with Crippen LogP contribution in [0.15, 0.2) is 0 Å². The molecule has 2 amide bonds. The summed E-state index contributed by atoms with van der Waals surface area (Å²) in [5.74, 6) is -0.540. The summed E-state index contributed by atoms with van der Waals surface area (Å²) in [6.07, 6.45) is -0.606. The fraction of sp³-hybridized carbons (Fsp3) is 0.769. The molecule has 1 fully saturated rings. The zero-order chi connectivity index (χ0) is 15.5. The number of carboxylic acid groups (broad SMARTS) is 1. The molecule has 0 aromatic rings. The highest BCUT2D eigenvalue weighted by Gasteiger charge is 2.36. The molecule has 7 nitrogen and oxygen atoms in total. The lowest BCUT2D eigenvalue weighted by molar-refractivity contribution is -0.152. The van der Waals surface area contributed by atoms with E-state index < -0.39 is 17.6 Å². The molecular formula is C13H22N2O5. The summed E-state index contributed by atoms with van der Waals surface area (Å²) in [4.78, 5) is 37.4. The van der Waals surface area contributed by atoms with Crippen LogP contribution in [0.25, 0.3) is 0 Å². The molecular weight excluding hydrogens is 264 g/mol. The van der Waals surface area contributed by atoms with Crippen molar-refractivity contribution in [1.29, 1.82) is 0 Å². The van der Waals surface area contributed by atoms with Crippen LogP contribution >= 0.6 is 0 Å². The zero-order valence-electron chi connectivity index (χ0n) is 12.4. The van der Waals surface area contributed by atoms with Gasteiger partial charge in [-0.3, -0.25) is 14.5 Å². The topological polar surface area (TPSA) is 87.2 Å². The lowest BCUT2D eigenvalue weighted by atomic mass is 9.89. The number of esters is 1. The predicted octanol–water partition coefficient (Wildman–Crippen LogP) is 0.786. The number of carbonyl (C=O) groups is 3. The first-order valence-corrected chi connectivity index (χ1v) is 6.57. The Morgan fingerprint density at radius 1 is 1.40 bits per heavy atom. The Morgan fingerprint density at radius 3 is 2.50 bits per heavy atom. The highest BCUT2D eigenvalue weighted by molar-refractivity contribution is 5.86. The van der Waals surface area contributed by atoms with Crippen LogP contribution < -0.4 is 0 Å². The maximum atomic E-state index is 12.1. The molecule has 0 aromatic carbocycles. The second kappa shape index (κ2) is 6.11. The molecule has 0 saturated carbocycles. The minimum atomic E-state index is -1.08. The maximum Gasteiger partial charge on any atom is 0.408 e. The molecule has 1 saturated heterocycles. The number of amides is 2. The molecule has 0 bridgehead atoms. The van der Waals surface area contributed by atoms with Crippen LogP contribution in [0.3, 0.4) is 0 Å². The molecule has 1 heterocycles. The highest BCUT2D eigenvalue weighted by Crippen LogP contribution is 2.23. The van der Waals surface area contributed by atoms with Crippen molar-refractivity contribution in [1.82, 2.24) is 9.80 Å². The Balaban J connectivity index is 2.61. The van der Waals surface area contributed by atoms with Crippen molar-refractivity contribution in [2.24, 2.45) is 5.41 Å². The summed E-state index contributed by atoms with van der Waals surface area (Å²) >= 11 is 0. The average Bonchev–Trinajstić information content (AvgIpc) is 2.39. The molecule has 1 N–H and O–H groups in total. The largest absolute Gasteiger partial charge is 0.469 e. The van der Waals surface area contributed by atoms with E-state index in [-0.39, 0.29) is 11.9 Å². The summed E-state index contributed by atoms with van der Waals surface area (Å²) in [5.41, 5.74) is -0.664. The van der Waals surface area contributed by atoms with Crippen molar-refractivity contribution in [2.75, 3.05) is 26.7 Å². The van der Waals surface area contributed by atoms with Crippen molar-refractivity contribution in [2.45, 2.75) is 33.2 Å². The zero-order valence-corrected chi connectivity index (χ0v) is 12.4. The Morgan fingerprint density at radius 2 is 2.00 bits per heavy atom. The van der Waals surface area contributed by atoms with E-state index in [4.69, 9.17) is 9.84 Å². The number of rotatable bonds is 4. The van der Waals surface area contributed by atoms with Gasteiger partial charge >= 0.3 is 12.1 Å². The minimum absolute atomic E-state index is 0.223. The molecule has 1 rings (SSSR count). The van der Waals surface area contributed by atoms with Gasteiger partial charge in [0.15, 0.2) is 0 Å². The first kappa shape index (κ1) is 16.3. The third-order valence-electron chi connectivity index (χ3n) is 3.74. The molecule has 1 aliphatic heterocycles. The van der Waals surface area contributed by atoms with Gasteiger partial charge in [-0.25, -0.2) is 4.79 Å². The van der Waals surface area contributed by atoms with Crippen molar-refractivity contribution in [3.8, 4) is 0 Å². The number of hydrogen-bond donors (Lipinski definition) is 1. The van der Waals surface area contributed by atoms with Gasteiger partial charge in [0, 0.05) is 19.6 Å². The molecule has 20 heavy (non-hydrogen) atoms. The molecule has 1 atom stereocenters. The minimum Gasteiger partial charge on any atom is -0.469 e. The van der Waals surface area contributed by atoms with Gasteiger partial charge in [-0.1, -0.05) is 0 Å². The molecule has 0 aliphatic carbocycles. The second-order valence-electron chi connectivity index (χ2n) is 5.60. The van der Waals surface area contributed by atoms with Gasteiger partial charge in [0.05, 0.1) is 12.5 Å². The van der Waals surface area contributed by atoms with E-state index in [1.165, 1.54) is 7.11 Å². The van der Waals surface area contributed by atoms with Gasteiger partial charge in [0.25, 0.3) is 0 Å². The molecule has 7 heteroatoms. The van der Waals surface area contributed by atoms with Crippen LogP contribution in [-0.2, 0) is 14.3 Å². The van der Waals surface area contributed by atoms with E-state index in [2.05, 4.69) is 0 Å². The van der Waals surface area contributed by atoms with Gasteiger partial charge < -0.3 is 14.7 Å². The third kappa shape index (κ3) is 3.40. The van der Waals surface area contributed by atoms with Gasteiger partial charge in [0.1, 0.15) is 6.04 Å². The fourth-order valence-corrected chi connectivity index (χ4v) is 2.21. The maximum absolute atomic E-state index is 12.1. The first-order chi connectivity index (χ1) is 9.20. The van der Waals surface area contributed by atoms with E-state index in [9.17, 15) is 14.4 Å². The van der Waals surface area contributed by atoms with E-state index >= 15 is 0 Å².